The van der Waals surface area contributed by atoms with E-state index in [1.807, 2.05) is 0 Å². The summed E-state index contributed by atoms with van der Waals surface area (Å²) in [6, 6.07) is 0.219. The monoisotopic (exact) mass is 202 g/mol. The van der Waals surface area contributed by atoms with E-state index in [1.165, 1.54) is 0 Å². The van der Waals surface area contributed by atoms with Gasteiger partial charge in [-0.25, -0.2) is 4.79 Å². The Hall–Kier alpha value is -0.810. The summed E-state index contributed by atoms with van der Waals surface area (Å²) in [5.74, 6) is 0. The first-order chi connectivity index (χ1) is 6.79. The van der Waals surface area contributed by atoms with E-state index in [4.69, 9.17) is 15.2 Å². The normalized spacial score (nSPS) is 22.3. The van der Waals surface area contributed by atoms with Crippen molar-refractivity contribution >= 4 is 6.09 Å². The van der Waals surface area contributed by atoms with Gasteiger partial charge in [0, 0.05) is 26.1 Å². The summed E-state index contributed by atoms with van der Waals surface area (Å²) in [6.07, 6.45) is 1.46. The molecule has 1 atom stereocenters. The molecule has 1 amide bonds. The number of methoxy groups -OCH3 is 1. The molecule has 1 aliphatic heterocycles. The molecule has 0 saturated carbocycles. The van der Waals surface area contributed by atoms with E-state index in [-0.39, 0.29) is 12.1 Å². The Labute approximate surface area is 84.1 Å². The van der Waals surface area contributed by atoms with Crippen molar-refractivity contribution in [1.82, 2.24) is 4.90 Å². The maximum Gasteiger partial charge on any atom is 0.410 e. The fourth-order valence-corrected chi connectivity index (χ4v) is 1.63. The SMILES string of the molecule is COCCN1C(=O)OCCC1CCN. The van der Waals surface area contributed by atoms with Crippen molar-refractivity contribution in [2.75, 3.05) is 33.4 Å². The quantitative estimate of drug-likeness (QED) is 0.691. The van der Waals surface area contributed by atoms with Crippen LogP contribution < -0.4 is 5.73 Å². The molecule has 0 bridgehead atoms. The Morgan fingerprint density at radius 1 is 1.71 bits per heavy atom. The van der Waals surface area contributed by atoms with Gasteiger partial charge < -0.3 is 20.1 Å². The van der Waals surface area contributed by atoms with Crippen molar-refractivity contribution in [3.8, 4) is 0 Å². The van der Waals surface area contributed by atoms with Crippen molar-refractivity contribution in [3.63, 3.8) is 0 Å². The zero-order valence-corrected chi connectivity index (χ0v) is 8.57. The summed E-state index contributed by atoms with van der Waals surface area (Å²) in [5, 5.41) is 0. The van der Waals surface area contributed by atoms with Gasteiger partial charge in [-0.3, -0.25) is 0 Å². The fraction of sp³-hybridized carbons (Fsp3) is 0.889. The summed E-state index contributed by atoms with van der Waals surface area (Å²) in [4.78, 5) is 13.1. The molecule has 0 aromatic heterocycles. The van der Waals surface area contributed by atoms with Crippen LogP contribution in [0.1, 0.15) is 12.8 Å². The van der Waals surface area contributed by atoms with Crippen LogP contribution in [0.15, 0.2) is 0 Å². The highest BCUT2D eigenvalue weighted by molar-refractivity contribution is 5.68. The second kappa shape index (κ2) is 5.82. The maximum absolute atomic E-state index is 11.4. The van der Waals surface area contributed by atoms with Crippen molar-refractivity contribution < 1.29 is 14.3 Å². The zero-order chi connectivity index (χ0) is 10.4. The first kappa shape index (κ1) is 11.3. The van der Waals surface area contributed by atoms with Crippen molar-refractivity contribution in [3.05, 3.63) is 0 Å². The van der Waals surface area contributed by atoms with Gasteiger partial charge in [0.2, 0.25) is 0 Å². The fourth-order valence-electron chi connectivity index (χ4n) is 1.63. The molecular formula is C9H18N2O3. The summed E-state index contributed by atoms with van der Waals surface area (Å²) in [6.45, 7) is 2.23. The average molecular weight is 202 g/mol. The van der Waals surface area contributed by atoms with Gasteiger partial charge in [-0.15, -0.1) is 0 Å². The lowest BCUT2D eigenvalue weighted by Gasteiger charge is -2.34. The number of hydrogen-bond donors (Lipinski definition) is 1. The van der Waals surface area contributed by atoms with Crippen LogP contribution in [-0.2, 0) is 9.47 Å². The van der Waals surface area contributed by atoms with Crippen LogP contribution in [0.25, 0.3) is 0 Å². The highest BCUT2D eigenvalue weighted by Crippen LogP contribution is 2.15. The lowest BCUT2D eigenvalue weighted by atomic mass is 10.1. The number of nitrogens with two attached hydrogens (primary N) is 1. The number of nitrogens with zero attached hydrogens (tertiary/aromatic N) is 1. The number of hydrogen-bond acceptors (Lipinski definition) is 4. The molecule has 0 spiro atoms. The van der Waals surface area contributed by atoms with Crippen LogP contribution in [0.2, 0.25) is 0 Å². The van der Waals surface area contributed by atoms with Gasteiger partial charge in [-0.1, -0.05) is 0 Å². The van der Waals surface area contributed by atoms with Crippen LogP contribution in [0.3, 0.4) is 0 Å². The van der Waals surface area contributed by atoms with Gasteiger partial charge >= 0.3 is 6.09 Å². The molecule has 5 nitrogen and oxygen atoms in total. The summed E-state index contributed by atoms with van der Waals surface area (Å²) in [7, 11) is 1.62. The topological polar surface area (TPSA) is 64.8 Å². The van der Waals surface area contributed by atoms with Gasteiger partial charge in [0.25, 0.3) is 0 Å². The Morgan fingerprint density at radius 3 is 3.14 bits per heavy atom. The summed E-state index contributed by atoms with van der Waals surface area (Å²) in [5.41, 5.74) is 5.49. The highest BCUT2D eigenvalue weighted by atomic mass is 16.6. The van der Waals surface area contributed by atoms with Crippen molar-refractivity contribution in [2.24, 2.45) is 5.73 Å². The molecule has 5 heteroatoms. The molecule has 1 unspecified atom stereocenters. The van der Waals surface area contributed by atoms with E-state index in [0.717, 1.165) is 12.8 Å². The van der Waals surface area contributed by atoms with E-state index in [1.54, 1.807) is 12.0 Å². The number of rotatable bonds is 5. The third kappa shape index (κ3) is 2.85. The molecule has 82 valence electrons. The van der Waals surface area contributed by atoms with Gasteiger partial charge in [0.05, 0.1) is 13.2 Å². The average Bonchev–Trinajstić information content (AvgIpc) is 2.18. The first-order valence-electron chi connectivity index (χ1n) is 4.92. The minimum atomic E-state index is -0.244. The zero-order valence-electron chi connectivity index (χ0n) is 8.57. The Kier molecular flexibility index (Phi) is 4.69. The number of carbonyl (C=O) groups excluding carboxylic acids is 1. The van der Waals surface area contributed by atoms with E-state index < -0.39 is 0 Å². The van der Waals surface area contributed by atoms with Crippen LogP contribution >= 0.6 is 0 Å². The Morgan fingerprint density at radius 2 is 2.50 bits per heavy atom. The molecule has 1 heterocycles. The molecule has 2 N–H and O–H groups in total. The summed E-state index contributed by atoms with van der Waals surface area (Å²) >= 11 is 0. The standard InChI is InChI=1S/C9H18N2O3/c1-13-7-5-11-8(2-4-10)3-6-14-9(11)12/h8H,2-7,10H2,1H3. The lowest BCUT2D eigenvalue weighted by Crippen LogP contribution is -2.47. The van der Waals surface area contributed by atoms with E-state index in [2.05, 4.69) is 0 Å². The highest BCUT2D eigenvalue weighted by Gasteiger charge is 2.28. The molecule has 0 aliphatic carbocycles. The number of amides is 1. The van der Waals surface area contributed by atoms with Gasteiger partial charge in [-0.2, -0.15) is 0 Å². The second-order valence-electron chi connectivity index (χ2n) is 3.32. The van der Waals surface area contributed by atoms with Crippen LogP contribution in [-0.4, -0.2) is 50.4 Å². The third-order valence-corrected chi connectivity index (χ3v) is 2.39. The number of ether oxygens (including phenoxy) is 2. The molecule has 1 rings (SSSR count). The van der Waals surface area contributed by atoms with E-state index in [0.29, 0.717) is 26.3 Å². The minimum absolute atomic E-state index is 0.219. The molecule has 14 heavy (non-hydrogen) atoms. The van der Waals surface area contributed by atoms with E-state index in [9.17, 15) is 4.79 Å². The van der Waals surface area contributed by atoms with E-state index >= 15 is 0 Å². The molecule has 0 aromatic carbocycles. The van der Waals surface area contributed by atoms with Crippen LogP contribution in [0, 0.1) is 0 Å². The first-order valence-corrected chi connectivity index (χ1v) is 4.92. The number of carbonyl (C=O) groups is 1. The minimum Gasteiger partial charge on any atom is -0.449 e. The van der Waals surface area contributed by atoms with Crippen LogP contribution in [0.4, 0.5) is 4.79 Å². The largest absolute Gasteiger partial charge is 0.449 e. The van der Waals surface area contributed by atoms with Crippen LogP contribution in [0.5, 0.6) is 0 Å². The Bertz CT molecular complexity index is 185. The van der Waals surface area contributed by atoms with Crippen molar-refractivity contribution in [2.45, 2.75) is 18.9 Å². The predicted octanol–water partition coefficient (Wildman–Crippen LogP) is 0.193. The number of cyclic esters (lactones) is 1. The predicted molar refractivity (Wildman–Crippen MR) is 52.0 cm³/mol. The smallest absolute Gasteiger partial charge is 0.410 e. The second-order valence-corrected chi connectivity index (χ2v) is 3.32. The molecule has 0 radical (unpaired) electrons. The molecule has 1 fully saturated rings. The molecule has 1 saturated heterocycles. The molecule has 0 aromatic rings. The Balaban J connectivity index is 2.47. The summed E-state index contributed by atoms with van der Waals surface area (Å²) < 4.78 is 9.89. The maximum atomic E-state index is 11.4. The lowest BCUT2D eigenvalue weighted by molar-refractivity contribution is 0.0307. The molecular weight excluding hydrogens is 184 g/mol. The van der Waals surface area contributed by atoms with Gasteiger partial charge in [0.1, 0.15) is 0 Å². The van der Waals surface area contributed by atoms with Gasteiger partial charge in [0.15, 0.2) is 0 Å². The molecule has 1 aliphatic rings. The van der Waals surface area contributed by atoms with Gasteiger partial charge in [-0.05, 0) is 13.0 Å². The third-order valence-electron chi connectivity index (χ3n) is 2.39. The van der Waals surface area contributed by atoms with Crippen molar-refractivity contribution in [1.29, 1.82) is 0 Å².